The SMILES string of the molecule is Cc1c(-c2ccc([C@@H]3CCCN3C(=O)O)cc2F)nc2sc3cc(C(=O)NCCCN4CCC(F)CC4)ccc3n12. The fourth-order valence-electron chi connectivity index (χ4n) is 6.11. The van der Waals surface area contributed by atoms with Crippen LogP contribution < -0.4 is 5.32 Å². The molecule has 2 amide bonds. The van der Waals surface area contributed by atoms with Gasteiger partial charge in [0.05, 0.1) is 22.0 Å². The van der Waals surface area contributed by atoms with Gasteiger partial charge in [0.1, 0.15) is 12.0 Å². The van der Waals surface area contributed by atoms with Crippen molar-refractivity contribution < 1.29 is 23.5 Å². The molecule has 2 aliphatic heterocycles. The van der Waals surface area contributed by atoms with E-state index in [0.717, 1.165) is 48.4 Å². The van der Waals surface area contributed by atoms with E-state index in [9.17, 15) is 19.1 Å². The van der Waals surface area contributed by atoms with Crippen LogP contribution in [0.15, 0.2) is 36.4 Å². The molecule has 0 aliphatic carbocycles. The first-order chi connectivity index (χ1) is 19.8. The summed E-state index contributed by atoms with van der Waals surface area (Å²) in [5, 5.41) is 12.4. The molecule has 8 nitrogen and oxygen atoms in total. The highest BCUT2D eigenvalue weighted by molar-refractivity contribution is 7.23. The van der Waals surface area contributed by atoms with Gasteiger partial charge in [-0.1, -0.05) is 17.4 Å². The number of piperidine rings is 1. The van der Waals surface area contributed by atoms with Crippen LogP contribution in [0.2, 0.25) is 0 Å². The van der Waals surface area contributed by atoms with Crippen LogP contribution in [0.4, 0.5) is 13.6 Å². The largest absolute Gasteiger partial charge is 0.465 e. The van der Waals surface area contributed by atoms with E-state index < -0.39 is 18.1 Å². The van der Waals surface area contributed by atoms with E-state index in [1.165, 1.54) is 22.3 Å². The summed E-state index contributed by atoms with van der Waals surface area (Å²) in [6, 6.07) is 10.1. The lowest BCUT2D eigenvalue weighted by molar-refractivity contribution is 0.0949. The van der Waals surface area contributed by atoms with Gasteiger partial charge in [0.25, 0.3) is 5.91 Å². The lowest BCUT2D eigenvalue weighted by Crippen LogP contribution is -2.36. The van der Waals surface area contributed by atoms with E-state index in [1.807, 2.05) is 23.5 Å². The zero-order valence-electron chi connectivity index (χ0n) is 22.9. The molecule has 0 radical (unpaired) electrons. The van der Waals surface area contributed by atoms with Crippen molar-refractivity contribution in [1.29, 1.82) is 0 Å². The van der Waals surface area contributed by atoms with Crippen LogP contribution >= 0.6 is 11.3 Å². The Balaban J connectivity index is 1.16. The molecule has 1 atom stereocenters. The maximum absolute atomic E-state index is 15.4. The van der Waals surface area contributed by atoms with Crippen molar-refractivity contribution in [2.24, 2.45) is 0 Å². The molecule has 0 bridgehead atoms. The number of alkyl halides is 1. The number of carbonyl (C=O) groups excluding carboxylic acids is 1. The number of hydrogen-bond donors (Lipinski definition) is 2. The third-order valence-corrected chi connectivity index (χ3v) is 9.33. The number of aryl methyl sites for hydroxylation is 1. The number of imidazole rings is 1. The van der Waals surface area contributed by atoms with Crippen molar-refractivity contribution in [2.75, 3.05) is 32.7 Å². The molecule has 41 heavy (non-hydrogen) atoms. The lowest BCUT2D eigenvalue weighted by Gasteiger charge is -2.28. The van der Waals surface area contributed by atoms with E-state index >= 15 is 4.39 Å². The van der Waals surface area contributed by atoms with Crippen molar-refractivity contribution in [3.05, 3.63) is 59.0 Å². The van der Waals surface area contributed by atoms with Crippen LogP contribution in [0.1, 0.15) is 59.8 Å². The average Bonchev–Trinajstić information content (AvgIpc) is 3.67. The van der Waals surface area contributed by atoms with Crippen LogP contribution in [0.3, 0.4) is 0 Å². The zero-order chi connectivity index (χ0) is 28.7. The molecule has 4 heterocycles. The summed E-state index contributed by atoms with van der Waals surface area (Å²) in [5.74, 6) is -0.563. The van der Waals surface area contributed by atoms with Crippen LogP contribution in [-0.4, -0.2) is 75.2 Å². The Morgan fingerprint density at radius 2 is 1.93 bits per heavy atom. The quantitative estimate of drug-likeness (QED) is 0.260. The number of amides is 2. The highest BCUT2D eigenvalue weighted by Gasteiger charge is 2.30. The third-order valence-electron chi connectivity index (χ3n) is 8.33. The summed E-state index contributed by atoms with van der Waals surface area (Å²) < 4.78 is 31.6. The molecule has 2 fully saturated rings. The second-order valence-corrected chi connectivity index (χ2v) is 12.0. The summed E-state index contributed by atoms with van der Waals surface area (Å²) in [4.78, 5) is 33.4. The number of hydrogen-bond acceptors (Lipinski definition) is 5. The van der Waals surface area contributed by atoms with E-state index in [2.05, 4.69) is 10.2 Å². The number of benzene rings is 2. The predicted octanol–water partition coefficient (Wildman–Crippen LogP) is 6.03. The molecule has 2 N–H and O–H groups in total. The zero-order valence-corrected chi connectivity index (χ0v) is 23.7. The number of carbonyl (C=O) groups is 2. The second kappa shape index (κ2) is 11.4. The number of nitrogens with zero attached hydrogens (tertiary/aromatic N) is 4. The van der Waals surface area contributed by atoms with E-state index in [0.29, 0.717) is 59.7 Å². The van der Waals surface area contributed by atoms with Gasteiger partial charge in [-0.15, -0.1) is 0 Å². The molecule has 0 spiro atoms. The Morgan fingerprint density at radius 3 is 2.68 bits per heavy atom. The van der Waals surface area contributed by atoms with Crippen molar-refractivity contribution in [2.45, 2.75) is 51.2 Å². The molecule has 2 aliphatic rings. The number of rotatable bonds is 7. The Labute approximate surface area is 240 Å². The van der Waals surface area contributed by atoms with Gasteiger partial charge in [-0.2, -0.15) is 0 Å². The van der Waals surface area contributed by atoms with Crippen molar-refractivity contribution >= 4 is 38.5 Å². The molecule has 11 heteroatoms. The molecule has 4 aromatic rings. The van der Waals surface area contributed by atoms with Crippen LogP contribution in [0.25, 0.3) is 26.4 Å². The molecule has 0 unspecified atom stereocenters. The maximum atomic E-state index is 15.4. The number of carboxylic acid groups (broad SMARTS) is 1. The van der Waals surface area contributed by atoms with E-state index in [4.69, 9.17) is 4.98 Å². The summed E-state index contributed by atoms with van der Waals surface area (Å²) >= 11 is 1.44. The number of aromatic nitrogens is 2. The first kappa shape index (κ1) is 27.6. The number of nitrogens with one attached hydrogen (secondary N) is 1. The van der Waals surface area contributed by atoms with Gasteiger partial charge in [0, 0.05) is 43.0 Å². The summed E-state index contributed by atoms with van der Waals surface area (Å²) in [7, 11) is 0. The number of halogens is 2. The molecule has 0 saturated carbocycles. The molecule has 2 aromatic heterocycles. The minimum atomic E-state index is -0.985. The smallest absolute Gasteiger partial charge is 0.407 e. The van der Waals surface area contributed by atoms with E-state index in [1.54, 1.807) is 18.2 Å². The highest BCUT2D eigenvalue weighted by Crippen LogP contribution is 2.37. The highest BCUT2D eigenvalue weighted by atomic mass is 32.1. The number of thiazole rings is 1. The fourth-order valence-corrected chi connectivity index (χ4v) is 7.22. The Kier molecular flexibility index (Phi) is 7.65. The molecule has 2 saturated heterocycles. The van der Waals surface area contributed by atoms with E-state index in [-0.39, 0.29) is 11.9 Å². The maximum Gasteiger partial charge on any atom is 0.407 e. The minimum Gasteiger partial charge on any atom is -0.465 e. The fraction of sp³-hybridized carbons (Fsp3) is 0.433. The first-order valence-electron chi connectivity index (χ1n) is 14.2. The van der Waals surface area contributed by atoms with Crippen LogP contribution in [0.5, 0.6) is 0 Å². The Morgan fingerprint density at radius 1 is 1.12 bits per heavy atom. The summed E-state index contributed by atoms with van der Waals surface area (Å²) in [6.07, 6.45) is 1.76. The first-order valence-corrected chi connectivity index (χ1v) is 15.0. The van der Waals surface area contributed by atoms with Gasteiger partial charge in [-0.05, 0) is 81.5 Å². The Hall–Kier alpha value is -3.57. The predicted molar refractivity (Wildman–Crippen MR) is 155 cm³/mol. The van der Waals surface area contributed by atoms with Crippen molar-refractivity contribution in [1.82, 2.24) is 24.5 Å². The summed E-state index contributed by atoms with van der Waals surface area (Å²) in [5.41, 5.74) is 3.83. The standard InChI is InChI=1S/C30H33F2N5O3S/c1-18-27(22-7-5-19(16-23(22)32)24-4-2-13-36(24)30(39)40)34-29-37(18)25-8-6-20(17-26(25)41-29)28(38)33-11-3-12-35-14-9-21(31)10-15-35/h5-8,16-17,21,24H,2-4,9-15H2,1H3,(H,33,38)(H,39,40)/t24-/m0/s1. The molecular weight excluding hydrogens is 548 g/mol. The molecular formula is C30H33F2N5O3S. The van der Waals surface area contributed by atoms with Gasteiger partial charge < -0.3 is 20.2 Å². The number of fused-ring (bicyclic) bond motifs is 3. The molecule has 2 aromatic carbocycles. The molecule has 6 rings (SSSR count). The monoisotopic (exact) mass is 581 g/mol. The Bertz CT molecular complexity index is 1610. The van der Waals surface area contributed by atoms with Gasteiger partial charge in [-0.25, -0.2) is 18.6 Å². The van der Waals surface area contributed by atoms with Gasteiger partial charge in [0.2, 0.25) is 0 Å². The van der Waals surface area contributed by atoms with Crippen LogP contribution in [0, 0.1) is 12.7 Å². The minimum absolute atomic E-state index is 0.135. The normalized spacial score (nSPS) is 18.5. The third kappa shape index (κ3) is 5.40. The van der Waals surface area contributed by atoms with Crippen molar-refractivity contribution in [3.8, 4) is 11.3 Å². The van der Waals surface area contributed by atoms with Crippen molar-refractivity contribution in [3.63, 3.8) is 0 Å². The number of likely N-dealkylation sites (tertiary alicyclic amines) is 2. The van der Waals surface area contributed by atoms with Gasteiger partial charge in [-0.3, -0.25) is 9.20 Å². The van der Waals surface area contributed by atoms with Crippen LogP contribution in [-0.2, 0) is 0 Å². The summed E-state index contributed by atoms with van der Waals surface area (Å²) in [6.45, 7) is 5.31. The molecule has 216 valence electrons. The van der Waals surface area contributed by atoms with Gasteiger partial charge in [0.15, 0.2) is 4.96 Å². The topological polar surface area (TPSA) is 90.2 Å². The second-order valence-electron chi connectivity index (χ2n) is 10.9. The lowest BCUT2D eigenvalue weighted by atomic mass is 10.0. The average molecular weight is 582 g/mol. The van der Waals surface area contributed by atoms with Gasteiger partial charge >= 0.3 is 6.09 Å².